The molecular weight excluding hydrogens is 220 g/mol. The van der Waals surface area contributed by atoms with E-state index in [1.165, 1.54) is 0 Å². The first-order chi connectivity index (χ1) is 7.94. The minimum atomic E-state index is -0.933. The lowest BCUT2D eigenvalue weighted by atomic mass is 10.0. The summed E-state index contributed by atoms with van der Waals surface area (Å²) in [6.45, 7) is 3.29. The summed E-state index contributed by atoms with van der Waals surface area (Å²) in [6, 6.07) is 4.87. The third kappa shape index (κ3) is 2.01. The molecule has 0 saturated carbocycles. The Balaban J connectivity index is 2.41. The van der Waals surface area contributed by atoms with Crippen LogP contribution < -0.4 is 15.8 Å². The van der Waals surface area contributed by atoms with Crippen LogP contribution >= 0.6 is 0 Å². The predicted octanol–water partition coefficient (Wildman–Crippen LogP) is 0.938. The van der Waals surface area contributed by atoms with Crippen LogP contribution in [0, 0.1) is 0 Å². The Bertz CT molecular complexity index is 495. The molecule has 1 aliphatic rings. The number of carbonyl (C=O) groups is 2. The molecule has 3 N–H and O–H groups in total. The molecule has 0 unspecified atom stereocenters. The fourth-order valence-electron chi connectivity index (χ4n) is 1.60. The van der Waals surface area contributed by atoms with Crippen LogP contribution in [-0.4, -0.2) is 23.8 Å². The number of benzene rings is 1. The van der Waals surface area contributed by atoms with E-state index in [1.807, 2.05) is 0 Å². The van der Waals surface area contributed by atoms with E-state index in [2.05, 4.69) is 5.32 Å². The Kier molecular flexibility index (Phi) is 2.63. The Morgan fingerprint density at radius 2 is 2.18 bits per heavy atom. The highest BCUT2D eigenvalue weighted by molar-refractivity contribution is 6.02. The van der Waals surface area contributed by atoms with Crippen molar-refractivity contribution in [2.45, 2.75) is 19.4 Å². The van der Waals surface area contributed by atoms with Gasteiger partial charge in [-0.3, -0.25) is 9.59 Å². The first kappa shape index (κ1) is 11.6. The van der Waals surface area contributed by atoms with E-state index < -0.39 is 5.60 Å². The highest BCUT2D eigenvalue weighted by atomic mass is 16.5. The molecule has 5 nitrogen and oxygen atoms in total. The number of ketones is 1. The minimum absolute atomic E-state index is 0.0471. The smallest absolute Gasteiger partial charge is 0.268 e. The topological polar surface area (TPSA) is 81.4 Å². The molecule has 1 aromatic carbocycles. The maximum absolute atomic E-state index is 11.6. The van der Waals surface area contributed by atoms with Crippen molar-refractivity contribution in [1.82, 2.24) is 0 Å². The van der Waals surface area contributed by atoms with Gasteiger partial charge in [-0.15, -0.1) is 0 Å². The second-order valence-electron chi connectivity index (χ2n) is 4.40. The number of hydrogen-bond acceptors (Lipinski definition) is 4. The summed E-state index contributed by atoms with van der Waals surface area (Å²) >= 11 is 0. The Labute approximate surface area is 98.9 Å². The summed E-state index contributed by atoms with van der Waals surface area (Å²) in [4.78, 5) is 23.1. The number of Topliss-reactive ketones (excluding diaryl/α,β-unsaturated/α-hetero) is 1. The zero-order valence-corrected chi connectivity index (χ0v) is 9.74. The molecule has 1 aliphatic heterocycles. The molecule has 0 aliphatic carbocycles. The van der Waals surface area contributed by atoms with Crippen molar-refractivity contribution in [3.05, 3.63) is 23.8 Å². The van der Waals surface area contributed by atoms with Crippen molar-refractivity contribution in [2.75, 3.05) is 11.9 Å². The van der Waals surface area contributed by atoms with Crippen molar-refractivity contribution in [3.8, 4) is 5.75 Å². The van der Waals surface area contributed by atoms with Gasteiger partial charge < -0.3 is 15.8 Å². The van der Waals surface area contributed by atoms with E-state index in [-0.39, 0.29) is 18.2 Å². The molecule has 5 heteroatoms. The summed E-state index contributed by atoms with van der Waals surface area (Å²) in [7, 11) is 0. The molecule has 0 aromatic heterocycles. The first-order valence-corrected chi connectivity index (χ1v) is 5.32. The zero-order chi connectivity index (χ0) is 12.6. The van der Waals surface area contributed by atoms with Gasteiger partial charge in [0.15, 0.2) is 11.4 Å². The van der Waals surface area contributed by atoms with Gasteiger partial charge in [0.05, 0.1) is 12.2 Å². The monoisotopic (exact) mass is 234 g/mol. The summed E-state index contributed by atoms with van der Waals surface area (Å²) < 4.78 is 5.56. The largest absolute Gasteiger partial charge is 0.476 e. The van der Waals surface area contributed by atoms with Crippen molar-refractivity contribution in [1.29, 1.82) is 0 Å². The fourth-order valence-corrected chi connectivity index (χ4v) is 1.60. The number of ether oxygens (including phenoxy) is 1. The van der Waals surface area contributed by atoms with Crippen LogP contribution in [0.25, 0.3) is 0 Å². The van der Waals surface area contributed by atoms with E-state index in [0.29, 0.717) is 17.0 Å². The molecule has 17 heavy (non-hydrogen) atoms. The van der Waals surface area contributed by atoms with Crippen molar-refractivity contribution < 1.29 is 14.3 Å². The normalized spacial score (nSPS) is 16.8. The molecule has 0 fully saturated rings. The van der Waals surface area contributed by atoms with Crippen LogP contribution in [0.15, 0.2) is 18.2 Å². The summed E-state index contributed by atoms with van der Waals surface area (Å²) in [5.74, 6) is 0.128. The van der Waals surface area contributed by atoms with Gasteiger partial charge in [0.25, 0.3) is 5.91 Å². The van der Waals surface area contributed by atoms with Gasteiger partial charge in [0.2, 0.25) is 0 Å². The molecule has 1 aromatic rings. The van der Waals surface area contributed by atoms with Gasteiger partial charge in [0, 0.05) is 5.56 Å². The molecule has 0 radical (unpaired) electrons. The van der Waals surface area contributed by atoms with Gasteiger partial charge in [0.1, 0.15) is 5.75 Å². The molecule has 0 atom stereocenters. The molecule has 0 bridgehead atoms. The Morgan fingerprint density at radius 1 is 1.47 bits per heavy atom. The van der Waals surface area contributed by atoms with Gasteiger partial charge >= 0.3 is 0 Å². The van der Waals surface area contributed by atoms with Crippen molar-refractivity contribution >= 4 is 17.4 Å². The number of nitrogens with one attached hydrogen (secondary N) is 1. The van der Waals surface area contributed by atoms with Crippen LogP contribution in [0.5, 0.6) is 5.75 Å². The van der Waals surface area contributed by atoms with Gasteiger partial charge in [-0.25, -0.2) is 0 Å². The van der Waals surface area contributed by atoms with Crippen molar-refractivity contribution in [2.24, 2.45) is 5.73 Å². The van der Waals surface area contributed by atoms with Crippen LogP contribution in [0.3, 0.4) is 0 Å². The summed E-state index contributed by atoms with van der Waals surface area (Å²) in [5, 5.41) is 2.73. The third-order valence-corrected chi connectivity index (χ3v) is 2.65. The number of fused-ring (bicyclic) bond motifs is 1. The molecule has 1 heterocycles. The lowest BCUT2D eigenvalue weighted by molar-refractivity contribution is -0.129. The SMILES string of the molecule is CC1(C)Oc2cc(C(=O)CN)ccc2NC1=O. The molecule has 90 valence electrons. The first-order valence-electron chi connectivity index (χ1n) is 5.32. The summed E-state index contributed by atoms with van der Waals surface area (Å²) in [5.41, 5.74) is 5.42. The quantitative estimate of drug-likeness (QED) is 0.746. The highest BCUT2D eigenvalue weighted by Crippen LogP contribution is 2.34. The highest BCUT2D eigenvalue weighted by Gasteiger charge is 2.35. The van der Waals surface area contributed by atoms with Crippen LogP contribution in [0.1, 0.15) is 24.2 Å². The van der Waals surface area contributed by atoms with Crippen LogP contribution in [0.4, 0.5) is 5.69 Å². The van der Waals surface area contributed by atoms with Gasteiger partial charge in [-0.1, -0.05) is 0 Å². The molecule has 2 rings (SSSR count). The van der Waals surface area contributed by atoms with Crippen LogP contribution in [0.2, 0.25) is 0 Å². The standard InChI is InChI=1S/C12H14N2O3/c1-12(2)11(16)14-8-4-3-7(9(15)6-13)5-10(8)17-12/h3-5H,6,13H2,1-2H3,(H,14,16). The number of amides is 1. The number of hydrogen-bond donors (Lipinski definition) is 2. The van der Waals surface area contributed by atoms with Crippen LogP contribution in [-0.2, 0) is 4.79 Å². The Morgan fingerprint density at radius 3 is 2.82 bits per heavy atom. The average Bonchev–Trinajstić information content (AvgIpc) is 2.28. The average molecular weight is 234 g/mol. The van der Waals surface area contributed by atoms with Gasteiger partial charge in [-0.2, -0.15) is 0 Å². The third-order valence-electron chi connectivity index (χ3n) is 2.65. The lowest BCUT2D eigenvalue weighted by Crippen LogP contribution is -2.45. The van der Waals surface area contributed by atoms with E-state index in [4.69, 9.17) is 10.5 Å². The number of anilines is 1. The number of nitrogens with two attached hydrogens (primary N) is 1. The molecule has 0 saturated heterocycles. The molecular formula is C12H14N2O3. The van der Waals surface area contributed by atoms with Crippen molar-refractivity contribution in [3.63, 3.8) is 0 Å². The fraction of sp³-hybridized carbons (Fsp3) is 0.333. The van der Waals surface area contributed by atoms with E-state index in [1.54, 1.807) is 32.0 Å². The number of carbonyl (C=O) groups excluding carboxylic acids is 2. The lowest BCUT2D eigenvalue weighted by Gasteiger charge is -2.31. The second-order valence-corrected chi connectivity index (χ2v) is 4.40. The second kappa shape index (κ2) is 3.85. The molecule has 1 amide bonds. The van der Waals surface area contributed by atoms with Gasteiger partial charge in [-0.05, 0) is 32.0 Å². The van der Waals surface area contributed by atoms with E-state index in [0.717, 1.165) is 0 Å². The predicted molar refractivity (Wildman–Crippen MR) is 63.2 cm³/mol. The van der Waals surface area contributed by atoms with E-state index in [9.17, 15) is 9.59 Å². The maximum Gasteiger partial charge on any atom is 0.268 e. The zero-order valence-electron chi connectivity index (χ0n) is 9.74. The van der Waals surface area contributed by atoms with E-state index >= 15 is 0 Å². The Hall–Kier alpha value is -1.88. The maximum atomic E-state index is 11.6. The summed E-state index contributed by atoms with van der Waals surface area (Å²) in [6.07, 6.45) is 0. The number of rotatable bonds is 2. The minimum Gasteiger partial charge on any atom is -0.476 e. The molecule has 0 spiro atoms.